The van der Waals surface area contributed by atoms with E-state index in [1.165, 1.54) is 0 Å². The molecule has 12 heavy (non-hydrogen) atoms. The molecular formula is C7H15N3O2. The Morgan fingerprint density at radius 1 is 1.67 bits per heavy atom. The minimum atomic E-state index is 0.146. The maximum absolute atomic E-state index is 8.89. The molecule has 1 aliphatic heterocycles. The van der Waals surface area contributed by atoms with E-state index in [-0.39, 0.29) is 18.5 Å². The highest BCUT2D eigenvalue weighted by Gasteiger charge is 2.20. The summed E-state index contributed by atoms with van der Waals surface area (Å²) < 4.78 is 0. The van der Waals surface area contributed by atoms with E-state index in [1.54, 1.807) is 4.90 Å². The van der Waals surface area contributed by atoms with E-state index in [4.69, 9.17) is 16.0 Å². The SMILES string of the molecule is N/C(=N\O)N1CCCC(CO)C1. The van der Waals surface area contributed by atoms with Crippen molar-refractivity contribution in [2.24, 2.45) is 16.8 Å². The van der Waals surface area contributed by atoms with Crippen LogP contribution in [-0.2, 0) is 0 Å². The number of hydrogen-bond acceptors (Lipinski definition) is 3. The Morgan fingerprint density at radius 2 is 2.42 bits per heavy atom. The van der Waals surface area contributed by atoms with E-state index in [0.29, 0.717) is 6.54 Å². The van der Waals surface area contributed by atoms with Crippen LogP contribution in [0, 0.1) is 5.92 Å². The Bertz CT molecular complexity index is 172. The maximum atomic E-state index is 8.89. The summed E-state index contributed by atoms with van der Waals surface area (Å²) in [5, 5.41) is 20.2. The second-order valence-corrected chi connectivity index (χ2v) is 3.10. The molecule has 0 saturated carbocycles. The number of rotatable bonds is 1. The van der Waals surface area contributed by atoms with Crippen molar-refractivity contribution in [3.05, 3.63) is 0 Å². The van der Waals surface area contributed by atoms with Crippen molar-refractivity contribution in [1.82, 2.24) is 4.90 Å². The molecule has 0 aliphatic carbocycles. The quantitative estimate of drug-likeness (QED) is 0.214. The van der Waals surface area contributed by atoms with Crippen LogP contribution >= 0.6 is 0 Å². The summed E-state index contributed by atoms with van der Waals surface area (Å²) in [5.41, 5.74) is 5.41. The van der Waals surface area contributed by atoms with Gasteiger partial charge in [-0.05, 0) is 18.8 Å². The first-order valence-corrected chi connectivity index (χ1v) is 4.11. The number of guanidine groups is 1. The Morgan fingerprint density at radius 3 is 3.00 bits per heavy atom. The molecule has 0 aromatic rings. The average Bonchev–Trinajstić information content (AvgIpc) is 2.17. The molecule has 4 N–H and O–H groups in total. The summed E-state index contributed by atoms with van der Waals surface area (Å²) in [7, 11) is 0. The molecule has 0 amide bonds. The number of aliphatic hydroxyl groups is 1. The van der Waals surface area contributed by atoms with Crippen molar-refractivity contribution in [1.29, 1.82) is 0 Å². The fraction of sp³-hybridized carbons (Fsp3) is 0.857. The predicted octanol–water partition coefficient (Wildman–Crippen LogP) is -0.605. The van der Waals surface area contributed by atoms with Crippen LogP contribution in [0.3, 0.4) is 0 Å². The summed E-state index contributed by atoms with van der Waals surface area (Å²) in [5.74, 6) is 0.409. The molecule has 0 aromatic heterocycles. The topological polar surface area (TPSA) is 82.1 Å². The van der Waals surface area contributed by atoms with Gasteiger partial charge in [0.1, 0.15) is 0 Å². The highest BCUT2D eigenvalue weighted by Crippen LogP contribution is 2.14. The van der Waals surface area contributed by atoms with Crippen LogP contribution in [0.4, 0.5) is 0 Å². The summed E-state index contributed by atoms with van der Waals surface area (Å²) >= 11 is 0. The minimum absolute atomic E-state index is 0.146. The van der Waals surface area contributed by atoms with E-state index >= 15 is 0 Å². The highest BCUT2D eigenvalue weighted by atomic mass is 16.4. The summed E-state index contributed by atoms with van der Waals surface area (Å²) in [6, 6.07) is 0. The number of hydrogen-bond donors (Lipinski definition) is 3. The molecule has 1 rings (SSSR count). The first-order valence-electron chi connectivity index (χ1n) is 4.11. The number of oxime groups is 1. The summed E-state index contributed by atoms with van der Waals surface area (Å²) in [4.78, 5) is 1.78. The van der Waals surface area contributed by atoms with Gasteiger partial charge in [-0.2, -0.15) is 0 Å². The molecule has 1 unspecified atom stereocenters. The van der Waals surface area contributed by atoms with E-state index in [2.05, 4.69) is 5.16 Å². The van der Waals surface area contributed by atoms with Crippen molar-refractivity contribution in [3.8, 4) is 0 Å². The monoisotopic (exact) mass is 173 g/mol. The van der Waals surface area contributed by atoms with Gasteiger partial charge in [-0.25, -0.2) is 0 Å². The predicted molar refractivity (Wildman–Crippen MR) is 44.8 cm³/mol. The summed E-state index contributed by atoms with van der Waals surface area (Å²) in [6.45, 7) is 1.67. The van der Waals surface area contributed by atoms with Crippen molar-refractivity contribution in [3.63, 3.8) is 0 Å². The normalized spacial score (nSPS) is 25.9. The molecule has 0 radical (unpaired) electrons. The first-order chi connectivity index (χ1) is 5.77. The largest absolute Gasteiger partial charge is 0.408 e. The lowest BCUT2D eigenvalue weighted by Gasteiger charge is -2.31. The fourth-order valence-electron chi connectivity index (χ4n) is 1.49. The van der Waals surface area contributed by atoms with Crippen LogP contribution in [0.5, 0.6) is 0 Å². The third-order valence-electron chi connectivity index (χ3n) is 2.20. The molecule has 1 fully saturated rings. The lowest BCUT2D eigenvalue weighted by molar-refractivity contribution is 0.156. The molecule has 1 aliphatic rings. The molecule has 0 spiro atoms. The first kappa shape index (κ1) is 9.12. The second kappa shape index (κ2) is 4.15. The molecule has 0 bridgehead atoms. The van der Waals surface area contributed by atoms with Gasteiger partial charge in [-0.15, -0.1) is 0 Å². The van der Waals surface area contributed by atoms with E-state index in [1.807, 2.05) is 0 Å². The molecule has 1 atom stereocenters. The Balaban J connectivity index is 2.45. The van der Waals surface area contributed by atoms with Gasteiger partial charge < -0.3 is 20.9 Å². The van der Waals surface area contributed by atoms with E-state index in [0.717, 1.165) is 19.4 Å². The zero-order valence-corrected chi connectivity index (χ0v) is 6.98. The van der Waals surface area contributed by atoms with Gasteiger partial charge in [-0.1, -0.05) is 5.16 Å². The Labute approximate surface area is 71.5 Å². The van der Waals surface area contributed by atoms with E-state index in [9.17, 15) is 0 Å². The lowest BCUT2D eigenvalue weighted by Crippen LogP contribution is -2.44. The van der Waals surface area contributed by atoms with Crippen LogP contribution in [0.15, 0.2) is 5.16 Å². The van der Waals surface area contributed by atoms with Crippen LogP contribution in [0.25, 0.3) is 0 Å². The Kier molecular flexibility index (Phi) is 3.16. The maximum Gasteiger partial charge on any atom is 0.233 e. The smallest absolute Gasteiger partial charge is 0.233 e. The standard InChI is InChI=1S/C7H15N3O2/c8-7(9-12)10-3-1-2-6(4-10)5-11/h6,11-12H,1-5H2,(H2,8,9). The number of nitrogens with two attached hydrogens (primary N) is 1. The van der Waals surface area contributed by atoms with Crippen LogP contribution < -0.4 is 5.73 Å². The molecule has 1 heterocycles. The number of likely N-dealkylation sites (tertiary alicyclic amines) is 1. The number of nitrogens with zero attached hydrogens (tertiary/aromatic N) is 2. The van der Waals surface area contributed by atoms with Crippen LogP contribution in [-0.4, -0.2) is 40.9 Å². The van der Waals surface area contributed by atoms with Crippen molar-refractivity contribution in [2.75, 3.05) is 19.7 Å². The third-order valence-corrected chi connectivity index (χ3v) is 2.20. The van der Waals surface area contributed by atoms with Crippen molar-refractivity contribution in [2.45, 2.75) is 12.8 Å². The third kappa shape index (κ3) is 2.01. The fourth-order valence-corrected chi connectivity index (χ4v) is 1.49. The van der Waals surface area contributed by atoms with Crippen LogP contribution in [0.1, 0.15) is 12.8 Å². The van der Waals surface area contributed by atoms with E-state index < -0.39 is 0 Å². The van der Waals surface area contributed by atoms with Gasteiger partial charge in [0.2, 0.25) is 5.96 Å². The average molecular weight is 173 g/mol. The molecule has 5 heteroatoms. The highest BCUT2D eigenvalue weighted by molar-refractivity contribution is 5.77. The summed E-state index contributed by atoms with van der Waals surface area (Å²) in [6.07, 6.45) is 2.01. The Hall–Kier alpha value is -0.970. The van der Waals surface area contributed by atoms with Gasteiger partial charge in [-0.3, -0.25) is 0 Å². The van der Waals surface area contributed by atoms with Crippen molar-refractivity contribution >= 4 is 5.96 Å². The minimum Gasteiger partial charge on any atom is -0.408 e. The molecule has 1 saturated heterocycles. The zero-order chi connectivity index (χ0) is 8.97. The van der Waals surface area contributed by atoms with Gasteiger partial charge in [0.15, 0.2) is 0 Å². The van der Waals surface area contributed by atoms with Crippen LogP contribution in [0.2, 0.25) is 0 Å². The number of aliphatic hydroxyl groups excluding tert-OH is 1. The van der Waals surface area contributed by atoms with Gasteiger partial charge in [0.25, 0.3) is 0 Å². The number of piperidine rings is 1. The second-order valence-electron chi connectivity index (χ2n) is 3.10. The van der Waals surface area contributed by atoms with Gasteiger partial charge in [0, 0.05) is 19.7 Å². The molecule has 5 nitrogen and oxygen atoms in total. The zero-order valence-electron chi connectivity index (χ0n) is 6.98. The molecule has 0 aromatic carbocycles. The molecular weight excluding hydrogens is 158 g/mol. The molecule has 70 valence electrons. The van der Waals surface area contributed by atoms with Gasteiger partial charge in [0.05, 0.1) is 0 Å². The van der Waals surface area contributed by atoms with Crippen molar-refractivity contribution < 1.29 is 10.3 Å². The van der Waals surface area contributed by atoms with Gasteiger partial charge >= 0.3 is 0 Å². The lowest BCUT2D eigenvalue weighted by atomic mass is 9.99.